The molecule has 694 valence electrons. The molecule has 0 saturated heterocycles. The van der Waals surface area contributed by atoms with Crippen molar-refractivity contribution in [1.82, 2.24) is 0 Å². The van der Waals surface area contributed by atoms with Gasteiger partial charge in [0.2, 0.25) is 0 Å². The fourth-order valence-corrected chi connectivity index (χ4v) is 20.1. The molecule has 0 aromatic heterocycles. The van der Waals surface area contributed by atoms with Gasteiger partial charge in [0, 0.05) is 16.8 Å². The van der Waals surface area contributed by atoms with E-state index in [1.807, 2.05) is 0 Å². The van der Waals surface area contributed by atoms with E-state index in [-0.39, 0.29) is 5.41 Å². The minimum Gasteiger partial charge on any atom is -0.355 e. The normalized spacial score (nSPS) is 11.1. The van der Waals surface area contributed by atoms with Crippen LogP contribution in [0.2, 0.25) is 0 Å². The van der Waals surface area contributed by atoms with Crippen LogP contribution in [0.25, 0.3) is 164 Å². The predicted molar refractivity (Wildman–Crippen MR) is 624 cm³/mol. The van der Waals surface area contributed by atoms with Crippen molar-refractivity contribution in [2.45, 2.75) is 51.9 Å². The maximum atomic E-state index is 3.56. The quantitative estimate of drug-likeness (QED) is 0.0845. The maximum absolute atomic E-state index is 3.56. The summed E-state index contributed by atoms with van der Waals surface area (Å²) in [7, 11) is 0. The van der Waals surface area contributed by atoms with Crippen LogP contribution in [0.1, 0.15) is 70.8 Å². The summed E-state index contributed by atoms with van der Waals surface area (Å²) in [6.45, 7) is 6.78. The van der Waals surface area contributed by atoms with Crippen molar-refractivity contribution < 1.29 is 0 Å². The van der Waals surface area contributed by atoms with E-state index in [9.17, 15) is 0 Å². The lowest BCUT2D eigenvalue weighted by Gasteiger charge is -2.19. The summed E-state index contributed by atoms with van der Waals surface area (Å²) in [6.07, 6.45) is 3.75. The standard InChI is InChI=1S/C35H26.C31H24.C27H20.C26H19N.C25H24/c1-3-10-28(11-4-1)32-23-27(24-33(25-32)29-12-5-2-6-13-29)22-26-18-20-31(21-19-26)35-17-9-15-30-14-7-8-16-34(30)35;1-4-10-26(11-5-1)29-18-16-24(17-19-29)20-25-21-30(27-12-6-2-7-13-27)23-31(22-25)28-14-8-3-9-15-28;1-2-8-25-19-21(14-15-22(25)6-1)18-20-12-16-24(17-13-20)27-11-5-9-23-7-3-4-10-26(23)27;1-3-11-23-19(7-1)9-5-13-24(23)21-15-17-22(18-16-21)27-26-14-6-10-20-8-2-4-12-25(20)26;1-25(2,3)22-13-8-18(9-14-22)16-19-10-15-24-21(17-19)12-11-20-6-4-5-7-23(20)24/h1-21,23-25H,22H2;1-19,21-23H,20H2;1-17,19H,18H2;1-18,27H;4-15,17H,16H2,1-3H3. The minimum atomic E-state index is 0.211. The molecule has 0 aliphatic carbocycles. The van der Waals surface area contributed by atoms with Crippen molar-refractivity contribution in [3.05, 3.63) is 626 Å². The first-order valence-corrected chi connectivity index (χ1v) is 50.5. The predicted octanol–water partition coefficient (Wildman–Crippen LogP) is 39.2. The van der Waals surface area contributed by atoms with E-state index in [1.165, 1.54) is 214 Å². The topological polar surface area (TPSA) is 12.0 Å². The third kappa shape index (κ3) is 22.9. The Labute approximate surface area is 853 Å². The fraction of sp³-hybridized carbons (Fsp3) is 0.0556. The van der Waals surface area contributed by atoms with Gasteiger partial charge in [-0.15, -0.1) is 0 Å². The van der Waals surface area contributed by atoms with Crippen LogP contribution in [-0.4, -0.2) is 0 Å². The molecule has 0 aliphatic rings. The lowest BCUT2D eigenvalue weighted by atomic mass is 9.86. The number of hydrogen-bond donors (Lipinski definition) is 1. The van der Waals surface area contributed by atoms with Crippen molar-refractivity contribution in [1.29, 1.82) is 0 Å². The van der Waals surface area contributed by atoms with Gasteiger partial charge in [-0.05, 0) is 271 Å². The number of fused-ring (bicyclic) bond motifs is 8. The Hall–Kier alpha value is -17.9. The van der Waals surface area contributed by atoms with Crippen LogP contribution in [0, 0.1) is 0 Å². The Kier molecular flexibility index (Phi) is 28.5. The van der Waals surface area contributed by atoms with Gasteiger partial charge in [-0.3, -0.25) is 0 Å². The number of anilines is 2. The van der Waals surface area contributed by atoms with Gasteiger partial charge in [0.25, 0.3) is 0 Å². The first-order valence-electron chi connectivity index (χ1n) is 50.5. The second-order valence-corrected chi connectivity index (χ2v) is 38.7. The second-order valence-electron chi connectivity index (χ2n) is 38.7. The van der Waals surface area contributed by atoms with Crippen molar-refractivity contribution in [3.8, 4) is 89.0 Å². The number of rotatable bonds is 18. The van der Waals surface area contributed by atoms with E-state index in [4.69, 9.17) is 0 Å². The highest BCUT2D eigenvalue weighted by Gasteiger charge is 2.17. The smallest absolute Gasteiger partial charge is 0.0463 e. The van der Waals surface area contributed by atoms with Crippen molar-refractivity contribution in [2.75, 3.05) is 5.32 Å². The van der Waals surface area contributed by atoms with E-state index in [1.54, 1.807) is 0 Å². The Balaban J connectivity index is 0.000000107. The molecule has 1 nitrogen and oxygen atoms in total. The first kappa shape index (κ1) is 93.4. The van der Waals surface area contributed by atoms with Crippen LogP contribution >= 0.6 is 0 Å². The molecule has 0 bridgehead atoms. The maximum Gasteiger partial charge on any atom is 0.0463 e. The molecule has 0 heterocycles. The Morgan fingerprint density at radius 3 is 0.800 bits per heavy atom. The summed E-state index contributed by atoms with van der Waals surface area (Å²) in [6, 6.07) is 207. The molecule has 0 unspecified atom stereocenters. The lowest BCUT2D eigenvalue weighted by Crippen LogP contribution is -2.10. The highest BCUT2D eigenvalue weighted by atomic mass is 14.9. The average molecular weight is 1860 g/mol. The number of nitrogens with one attached hydrogen (secondary N) is 1. The molecule has 0 atom stereocenters. The minimum absolute atomic E-state index is 0.211. The molecule has 0 radical (unpaired) electrons. The molecule has 25 aromatic rings. The first-order chi connectivity index (χ1) is 71.4. The summed E-state index contributed by atoms with van der Waals surface area (Å²) in [5.41, 5.74) is 34.7. The SMILES string of the molecule is CC(C)(C)c1ccc(Cc2ccc3c(ccc4ccccc43)c2)cc1.c1ccc(-c2cc(Cc3ccc(-c4cccc5ccccc45)cc3)cc(-c3ccccc3)c2)cc1.c1ccc(-c2ccc(Cc3cc(-c4ccccc4)cc(-c4ccccc4)c3)cc2)cc1.c1ccc2c(Nc3ccc(-c4cccc5ccccc45)cc3)cccc2c1.c1ccc2cc(Cc3ccc(-c4cccc5ccccc45)cc3)ccc2c1. The van der Waals surface area contributed by atoms with Crippen LogP contribution in [0.4, 0.5) is 11.4 Å². The second kappa shape index (κ2) is 44.3. The molecule has 1 heteroatoms. The molecule has 25 rings (SSSR count). The monoisotopic (exact) mass is 1860 g/mol. The summed E-state index contributed by atoms with van der Waals surface area (Å²) < 4.78 is 0. The van der Waals surface area contributed by atoms with Crippen molar-refractivity contribution in [3.63, 3.8) is 0 Å². The van der Waals surface area contributed by atoms with Crippen LogP contribution in [0.3, 0.4) is 0 Å². The molecule has 0 saturated carbocycles. The average Bonchev–Trinajstić information content (AvgIpc) is 0.800. The third-order valence-electron chi connectivity index (χ3n) is 27.7. The van der Waals surface area contributed by atoms with Crippen molar-refractivity contribution >= 4 is 86.8 Å². The fourth-order valence-electron chi connectivity index (χ4n) is 20.1. The van der Waals surface area contributed by atoms with Gasteiger partial charge in [0.05, 0.1) is 0 Å². The Morgan fingerprint density at radius 2 is 0.400 bits per heavy atom. The molecule has 145 heavy (non-hydrogen) atoms. The van der Waals surface area contributed by atoms with Crippen molar-refractivity contribution in [2.24, 2.45) is 0 Å². The number of benzene rings is 25. The van der Waals surface area contributed by atoms with Gasteiger partial charge < -0.3 is 5.32 Å². The highest BCUT2D eigenvalue weighted by Crippen LogP contribution is 2.39. The van der Waals surface area contributed by atoms with E-state index in [0.29, 0.717) is 0 Å². The van der Waals surface area contributed by atoms with E-state index < -0.39 is 0 Å². The summed E-state index contributed by atoms with van der Waals surface area (Å²) in [4.78, 5) is 0. The van der Waals surface area contributed by atoms with Crippen LogP contribution in [0.5, 0.6) is 0 Å². The van der Waals surface area contributed by atoms with Gasteiger partial charge >= 0.3 is 0 Å². The van der Waals surface area contributed by atoms with E-state index in [0.717, 1.165) is 37.1 Å². The zero-order chi connectivity index (χ0) is 97.9. The zero-order valence-electron chi connectivity index (χ0n) is 82.2. The highest BCUT2D eigenvalue weighted by molar-refractivity contribution is 6.08. The molecular weight excluding hydrogens is 1740 g/mol. The van der Waals surface area contributed by atoms with E-state index in [2.05, 4.69) is 602 Å². The van der Waals surface area contributed by atoms with Crippen LogP contribution in [-0.2, 0) is 31.1 Å². The van der Waals surface area contributed by atoms with Crippen LogP contribution in [0.15, 0.2) is 576 Å². The summed E-state index contributed by atoms with van der Waals surface area (Å²) >= 11 is 0. The van der Waals surface area contributed by atoms with Gasteiger partial charge in [-0.2, -0.15) is 0 Å². The van der Waals surface area contributed by atoms with Gasteiger partial charge in [0.15, 0.2) is 0 Å². The van der Waals surface area contributed by atoms with Gasteiger partial charge in [-0.1, -0.05) is 567 Å². The number of hydrogen-bond acceptors (Lipinski definition) is 1. The molecule has 25 aromatic carbocycles. The van der Waals surface area contributed by atoms with Crippen LogP contribution < -0.4 is 5.32 Å². The Bertz CT molecular complexity index is 8570. The van der Waals surface area contributed by atoms with E-state index >= 15 is 0 Å². The Morgan fingerprint density at radius 1 is 0.145 bits per heavy atom. The zero-order valence-corrected chi connectivity index (χ0v) is 82.2. The molecule has 0 spiro atoms. The molecule has 0 aliphatic heterocycles. The summed E-state index contributed by atoms with van der Waals surface area (Å²) in [5.74, 6) is 0. The molecule has 1 N–H and O–H groups in total. The third-order valence-corrected chi connectivity index (χ3v) is 27.7. The largest absolute Gasteiger partial charge is 0.355 e. The lowest BCUT2D eigenvalue weighted by molar-refractivity contribution is 0.590. The molecular formula is C144H113N. The van der Waals surface area contributed by atoms with Gasteiger partial charge in [-0.25, -0.2) is 0 Å². The summed E-state index contributed by atoms with van der Waals surface area (Å²) in [5, 5.41) is 21.7. The molecule has 0 amide bonds. The molecule has 0 fully saturated rings. The van der Waals surface area contributed by atoms with Gasteiger partial charge in [0.1, 0.15) is 0 Å².